The molecule has 0 bridgehead atoms. The van der Waals surface area contributed by atoms with E-state index in [2.05, 4.69) is 37.0 Å². The topological polar surface area (TPSA) is 152 Å². The number of aromatic amines is 1. The number of barbiturate groups is 1. The Kier molecular flexibility index (Phi) is 6.49. The number of nitrogens with one attached hydrogen (secondary N) is 3. The molecule has 4 N–H and O–H groups in total. The van der Waals surface area contributed by atoms with E-state index < -0.39 is 34.9 Å². The zero-order valence-corrected chi connectivity index (χ0v) is 21.5. The van der Waals surface area contributed by atoms with Crippen molar-refractivity contribution in [1.29, 1.82) is 0 Å². The largest absolute Gasteiger partial charge is 0.494 e. The molecule has 2 saturated heterocycles. The molecule has 4 heterocycles. The van der Waals surface area contributed by atoms with Crippen LogP contribution in [0.5, 0.6) is 5.88 Å². The Bertz CT molecular complexity index is 1490. The molecule has 5 rings (SSSR count). The monoisotopic (exact) mass is 537 g/mol. The molecule has 13 heteroatoms. The van der Waals surface area contributed by atoms with E-state index in [9.17, 15) is 24.3 Å². The van der Waals surface area contributed by atoms with Crippen LogP contribution in [-0.2, 0) is 22.6 Å². The van der Waals surface area contributed by atoms with Crippen LogP contribution in [0.25, 0.3) is 0 Å². The van der Waals surface area contributed by atoms with E-state index in [1.807, 2.05) is 13.0 Å². The number of allylic oxidation sites excluding steroid dienone is 1. The van der Waals surface area contributed by atoms with Crippen LogP contribution in [-0.4, -0.2) is 75.8 Å². The number of aliphatic imine (C=N–C) groups is 1. The lowest BCUT2D eigenvalue weighted by Gasteiger charge is -2.54. The molecular formula is C25H27N7O5S. The minimum Gasteiger partial charge on any atom is -0.494 e. The van der Waals surface area contributed by atoms with Crippen LogP contribution >= 0.6 is 12.2 Å². The van der Waals surface area contributed by atoms with Crippen LogP contribution in [0.4, 0.5) is 16.2 Å². The van der Waals surface area contributed by atoms with Gasteiger partial charge in [0, 0.05) is 38.1 Å². The maximum absolute atomic E-state index is 13.3. The summed E-state index contributed by atoms with van der Waals surface area (Å²) in [4.78, 5) is 62.0. The Morgan fingerprint density at radius 1 is 1.21 bits per heavy atom. The van der Waals surface area contributed by atoms with Crippen molar-refractivity contribution in [2.45, 2.75) is 25.9 Å². The maximum Gasteiger partial charge on any atom is 0.328 e. The van der Waals surface area contributed by atoms with Crippen LogP contribution < -0.4 is 21.1 Å². The second-order valence-electron chi connectivity index (χ2n) is 9.45. The molecule has 0 aliphatic carbocycles. The predicted octanol–water partition coefficient (Wildman–Crippen LogP) is 0.967. The van der Waals surface area contributed by atoms with Gasteiger partial charge in [-0.05, 0) is 48.9 Å². The number of imide groups is 2. The number of piperazine rings is 1. The second kappa shape index (κ2) is 9.65. The third kappa shape index (κ3) is 4.03. The first-order valence-corrected chi connectivity index (χ1v) is 12.6. The molecule has 0 saturated carbocycles. The summed E-state index contributed by atoms with van der Waals surface area (Å²) in [5, 5.41) is 15.2. The highest BCUT2D eigenvalue weighted by Crippen LogP contribution is 2.45. The number of urea groups is 1. The Morgan fingerprint density at radius 3 is 2.63 bits per heavy atom. The minimum atomic E-state index is -1.50. The summed E-state index contributed by atoms with van der Waals surface area (Å²) in [5.41, 5.74) is -0.120. The highest BCUT2D eigenvalue weighted by molar-refractivity contribution is 7.71. The van der Waals surface area contributed by atoms with Gasteiger partial charge in [-0.3, -0.25) is 44.5 Å². The van der Waals surface area contributed by atoms with E-state index in [1.165, 1.54) is 16.9 Å². The molecule has 0 unspecified atom stereocenters. The molecular weight excluding hydrogens is 510 g/mol. The van der Waals surface area contributed by atoms with Gasteiger partial charge >= 0.3 is 6.03 Å². The molecule has 1 spiro atoms. The number of rotatable bonds is 5. The number of aromatic nitrogens is 2. The summed E-state index contributed by atoms with van der Waals surface area (Å²) in [6, 6.07) is 4.11. The fourth-order valence-electron chi connectivity index (χ4n) is 5.48. The van der Waals surface area contributed by atoms with Crippen LogP contribution in [0, 0.1) is 10.2 Å². The van der Waals surface area contributed by atoms with Crippen LogP contribution in [0.2, 0.25) is 0 Å². The van der Waals surface area contributed by atoms with Gasteiger partial charge in [-0.1, -0.05) is 13.0 Å². The molecule has 38 heavy (non-hydrogen) atoms. The molecule has 12 nitrogen and oxygen atoms in total. The van der Waals surface area contributed by atoms with Gasteiger partial charge in [0.25, 0.3) is 5.56 Å². The normalized spacial score (nSPS) is 20.7. The summed E-state index contributed by atoms with van der Waals surface area (Å²) >= 11 is 5.10. The minimum absolute atomic E-state index is 0.0591. The number of anilines is 1. The SMILES string of the molecule is C=CCn1c(O)c(C=Nc2ccc3c(c2)CC2(C(=O)NC(=O)NC2=O)[C@H]2CN(CC)CCN32)c(=O)[nH]c1=S. The Morgan fingerprint density at radius 2 is 1.95 bits per heavy atom. The molecule has 0 radical (unpaired) electrons. The van der Waals surface area contributed by atoms with Crippen LogP contribution in [0.1, 0.15) is 18.1 Å². The number of H-pyrrole nitrogens is 1. The summed E-state index contributed by atoms with van der Waals surface area (Å²) in [6.07, 6.45) is 2.85. The van der Waals surface area contributed by atoms with Gasteiger partial charge < -0.3 is 10.0 Å². The van der Waals surface area contributed by atoms with Crippen molar-refractivity contribution in [2.24, 2.45) is 10.4 Å². The van der Waals surface area contributed by atoms with Gasteiger partial charge in [0.15, 0.2) is 10.2 Å². The molecule has 1 aromatic heterocycles. The average molecular weight is 538 g/mol. The highest BCUT2D eigenvalue weighted by Gasteiger charge is 2.60. The summed E-state index contributed by atoms with van der Waals surface area (Å²) < 4.78 is 1.38. The lowest BCUT2D eigenvalue weighted by molar-refractivity contribution is -0.147. The molecule has 3 aliphatic rings. The molecule has 2 fully saturated rings. The molecule has 3 aliphatic heterocycles. The first-order chi connectivity index (χ1) is 18.2. The number of amides is 4. The smallest absolute Gasteiger partial charge is 0.328 e. The van der Waals surface area contributed by atoms with Gasteiger partial charge in [-0.2, -0.15) is 0 Å². The van der Waals surface area contributed by atoms with E-state index in [-0.39, 0.29) is 29.2 Å². The van der Waals surface area contributed by atoms with Gasteiger partial charge in [0.2, 0.25) is 17.7 Å². The van der Waals surface area contributed by atoms with Crippen molar-refractivity contribution in [3.63, 3.8) is 0 Å². The number of carbonyl (C=O) groups is 3. The lowest BCUT2D eigenvalue weighted by atomic mass is 9.68. The highest BCUT2D eigenvalue weighted by atomic mass is 32.1. The van der Waals surface area contributed by atoms with Crippen molar-refractivity contribution >= 4 is 47.7 Å². The number of benzene rings is 1. The number of hydrogen-bond acceptors (Lipinski definition) is 9. The van der Waals surface area contributed by atoms with E-state index >= 15 is 0 Å². The third-order valence-corrected chi connectivity index (χ3v) is 7.77. The second-order valence-corrected chi connectivity index (χ2v) is 9.84. The van der Waals surface area contributed by atoms with Crippen molar-refractivity contribution in [3.8, 4) is 5.88 Å². The fraction of sp³-hybridized carbons (Fsp3) is 0.360. The van der Waals surface area contributed by atoms with E-state index in [4.69, 9.17) is 12.2 Å². The Balaban J connectivity index is 1.56. The van der Waals surface area contributed by atoms with Crippen molar-refractivity contribution < 1.29 is 19.5 Å². The molecule has 1 aromatic carbocycles. The summed E-state index contributed by atoms with van der Waals surface area (Å²) in [6.45, 7) is 8.48. The molecule has 2 aromatic rings. The van der Waals surface area contributed by atoms with E-state index in [0.29, 0.717) is 24.3 Å². The molecule has 198 valence electrons. The van der Waals surface area contributed by atoms with Gasteiger partial charge in [0.05, 0.1) is 11.7 Å². The number of hydrogen-bond donors (Lipinski definition) is 4. The van der Waals surface area contributed by atoms with Crippen LogP contribution in [0.15, 0.2) is 40.6 Å². The fourth-order valence-corrected chi connectivity index (χ4v) is 5.74. The van der Waals surface area contributed by atoms with Crippen molar-refractivity contribution in [1.82, 2.24) is 25.1 Å². The zero-order valence-electron chi connectivity index (χ0n) is 20.7. The van der Waals surface area contributed by atoms with Gasteiger partial charge in [-0.15, -0.1) is 6.58 Å². The first kappa shape index (κ1) is 25.5. The lowest BCUT2D eigenvalue weighted by Crippen LogP contribution is -2.74. The first-order valence-electron chi connectivity index (χ1n) is 12.2. The average Bonchev–Trinajstić information content (AvgIpc) is 2.88. The summed E-state index contributed by atoms with van der Waals surface area (Å²) in [5.74, 6) is -1.58. The van der Waals surface area contributed by atoms with E-state index in [1.54, 1.807) is 12.1 Å². The quantitative estimate of drug-likeness (QED) is 0.191. The van der Waals surface area contributed by atoms with E-state index in [0.717, 1.165) is 18.8 Å². The van der Waals surface area contributed by atoms with Gasteiger partial charge in [0.1, 0.15) is 5.56 Å². The Labute approximate surface area is 222 Å². The standard InChI is InChI=1S/C25H27N7O5S/c1-3-7-32-20(34)16(19(33)27-24(32)38)12-26-15-5-6-17-14(10-15)11-25(21(35)28-23(37)29-22(25)36)18-13-30(4-2)8-9-31(17)18/h3,5-6,10,12,18,34H,1,4,7-9,11,13H2,2H3,(H,27,33,38)(H2,28,29,35,36,37)/t18-/m1/s1. The number of carbonyl (C=O) groups excluding carboxylic acids is 3. The molecule has 4 amide bonds. The van der Waals surface area contributed by atoms with Crippen LogP contribution in [0.3, 0.4) is 0 Å². The summed E-state index contributed by atoms with van der Waals surface area (Å²) in [7, 11) is 0. The number of aromatic hydroxyl groups is 1. The maximum atomic E-state index is 13.3. The number of likely N-dealkylation sites (N-methyl/N-ethyl adjacent to an activating group) is 1. The van der Waals surface area contributed by atoms with Gasteiger partial charge in [-0.25, -0.2) is 4.79 Å². The number of fused-ring (bicyclic) bond motifs is 4. The predicted molar refractivity (Wildman–Crippen MR) is 143 cm³/mol. The third-order valence-electron chi connectivity index (χ3n) is 7.45. The van der Waals surface area contributed by atoms with Crippen molar-refractivity contribution in [2.75, 3.05) is 31.1 Å². The zero-order chi connectivity index (χ0) is 27.2. The van der Waals surface area contributed by atoms with Crippen molar-refractivity contribution in [3.05, 3.63) is 57.1 Å². The number of nitrogens with zero attached hydrogens (tertiary/aromatic N) is 4. The Hall–Kier alpha value is -4.10. The molecule has 1 atom stereocenters.